The molecule has 0 fully saturated rings. The minimum atomic E-state index is -0.0297. The van der Waals surface area contributed by atoms with Gasteiger partial charge < -0.3 is 5.32 Å². The van der Waals surface area contributed by atoms with Crippen LogP contribution in [0.25, 0.3) is 21.3 Å². The number of hydrogen-bond donors (Lipinski definition) is 1. The lowest BCUT2D eigenvalue weighted by Crippen LogP contribution is -2.18. The molecule has 2 aromatic heterocycles. The van der Waals surface area contributed by atoms with E-state index in [-0.39, 0.29) is 5.91 Å². The van der Waals surface area contributed by atoms with Crippen molar-refractivity contribution in [2.24, 2.45) is 0 Å². The summed E-state index contributed by atoms with van der Waals surface area (Å²) in [7, 11) is 0. The van der Waals surface area contributed by atoms with E-state index in [0.29, 0.717) is 6.54 Å². The van der Waals surface area contributed by atoms with E-state index < -0.39 is 0 Å². The fraction of sp³-hybridized carbons (Fsp3) is 0.125. The number of carbonyl (C=O) groups excluding carboxylic acids is 1. The lowest BCUT2D eigenvalue weighted by Gasteiger charge is -2.04. The molecule has 0 aliphatic heterocycles. The Hall–Kier alpha value is -2.20. The summed E-state index contributed by atoms with van der Waals surface area (Å²) in [5, 5.41) is 6.14. The molecule has 0 saturated carbocycles. The highest BCUT2D eigenvalue weighted by molar-refractivity contribution is 7.17. The Balaban J connectivity index is 1.89. The number of aromatic nitrogens is 1. The van der Waals surface area contributed by atoms with Gasteiger partial charge in [0.2, 0.25) is 5.91 Å². The molecular formula is C16H14N2OS. The molecule has 1 amide bonds. The predicted octanol–water partition coefficient (Wildman–Crippen LogP) is 3.60. The molecule has 3 nitrogen and oxygen atoms in total. The molecule has 3 aromatic rings. The first-order valence-corrected chi connectivity index (χ1v) is 7.28. The summed E-state index contributed by atoms with van der Waals surface area (Å²) >= 11 is 1.73. The average Bonchev–Trinajstić information content (AvgIpc) is 2.89. The van der Waals surface area contributed by atoms with Crippen molar-refractivity contribution in [3.05, 3.63) is 53.5 Å². The molecule has 0 radical (unpaired) electrons. The number of nitrogens with one attached hydrogen (secondary N) is 1. The van der Waals surface area contributed by atoms with Gasteiger partial charge in [-0.25, -0.2) is 0 Å². The number of nitrogens with zero attached hydrogens (tertiary/aromatic N) is 1. The topological polar surface area (TPSA) is 42.0 Å². The van der Waals surface area contributed by atoms with Crippen LogP contribution in [0.1, 0.15) is 12.5 Å². The summed E-state index contributed by atoms with van der Waals surface area (Å²) in [4.78, 5) is 15.4. The molecule has 0 atom stereocenters. The van der Waals surface area contributed by atoms with Crippen LogP contribution in [0.5, 0.6) is 0 Å². The quantitative estimate of drug-likeness (QED) is 0.797. The lowest BCUT2D eigenvalue weighted by molar-refractivity contribution is -0.119. The molecule has 1 N–H and O–H groups in total. The number of amides is 1. The van der Waals surface area contributed by atoms with Crippen molar-refractivity contribution in [1.29, 1.82) is 0 Å². The molecule has 4 heteroatoms. The van der Waals surface area contributed by atoms with E-state index in [9.17, 15) is 4.79 Å². The van der Waals surface area contributed by atoms with Gasteiger partial charge in [-0.2, -0.15) is 0 Å². The number of pyridine rings is 1. The van der Waals surface area contributed by atoms with Gasteiger partial charge in [0.1, 0.15) is 0 Å². The Kier molecular flexibility index (Phi) is 3.48. The maximum absolute atomic E-state index is 10.9. The number of fused-ring (bicyclic) bond motifs is 1. The second kappa shape index (κ2) is 5.43. The van der Waals surface area contributed by atoms with Crippen LogP contribution in [0, 0.1) is 0 Å². The van der Waals surface area contributed by atoms with Crippen LogP contribution in [0.4, 0.5) is 0 Å². The Bertz CT molecular complexity index is 747. The number of rotatable bonds is 3. The highest BCUT2D eigenvalue weighted by Gasteiger charge is 2.07. The molecule has 0 aliphatic rings. The molecule has 0 aliphatic carbocycles. The van der Waals surface area contributed by atoms with Crippen molar-refractivity contribution in [3.63, 3.8) is 0 Å². The van der Waals surface area contributed by atoms with E-state index in [1.807, 2.05) is 30.5 Å². The third-order valence-electron chi connectivity index (χ3n) is 3.12. The van der Waals surface area contributed by atoms with Crippen molar-refractivity contribution in [1.82, 2.24) is 10.3 Å². The summed E-state index contributed by atoms with van der Waals surface area (Å²) in [6.07, 6.45) is 1.82. The average molecular weight is 282 g/mol. The third-order valence-corrected chi connectivity index (χ3v) is 4.09. The van der Waals surface area contributed by atoms with E-state index in [0.717, 1.165) is 16.8 Å². The van der Waals surface area contributed by atoms with E-state index >= 15 is 0 Å². The first-order valence-electron chi connectivity index (χ1n) is 6.40. The Labute approximate surface area is 121 Å². The van der Waals surface area contributed by atoms with Crippen molar-refractivity contribution in [2.45, 2.75) is 13.5 Å². The predicted molar refractivity (Wildman–Crippen MR) is 82.6 cm³/mol. The highest BCUT2D eigenvalue weighted by atomic mass is 32.1. The molecule has 0 saturated heterocycles. The Morgan fingerprint density at radius 3 is 2.85 bits per heavy atom. The minimum Gasteiger partial charge on any atom is -0.352 e. The molecule has 100 valence electrons. The van der Waals surface area contributed by atoms with Crippen LogP contribution in [-0.2, 0) is 11.3 Å². The smallest absolute Gasteiger partial charge is 0.217 e. The molecule has 1 aromatic carbocycles. The zero-order valence-electron chi connectivity index (χ0n) is 11.1. The van der Waals surface area contributed by atoms with Gasteiger partial charge in [-0.05, 0) is 17.7 Å². The summed E-state index contributed by atoms with van der Waals surface area (Å²) < 4.78 is 1.27. The van der Waals surface area contributed by atoms with Crippen LogP contribution in [0.2, 0.25) is 0 Å². The standard InChI is InChI=1S/C16H14N2OS/c1-11(19)17-8-12-6-7-15(18-9-12)14-10-20-16-5-3-2-4-13(14)16/h2-7,9-10H,8H2,1H3,(H,17,19). The molecule has 0 bridgehead atoms. The second-order valence-electron chi connectivity index (χ2n) is 4.61. The molecule has 2 heterocycles. The summed E-state index contributed by atoms with van der Waals surface area (Å²) in [6, 6.07) is 12.3. The zero-order chi connectivity index (χ0) is 13.9. The maximum atomic E-state index is 10.9. The fourth-order valence-corrected chi connectivity index (χ4v) is 3.05. The number of thiophene rings is 1. The van der Waals surface area contributed by atoms with Crippen molar-refractivity contribution in [2.75, 3.05) is 0 Å². The van der Waals surface area contributed by atoms with Gasteiger partial charge in [0, 0.05) is 40.7 Å². The zero-order valence-corrected chi connectivity index (χ0v) is 11.9. The summed E-state index contributed by atoms with van der Waals surface area (Å²) in [6.45, 7) is 2.03. The van der Waals surface area contributed by atoms with Gasteiger partial charge in [-0.15, -0.1) is 11.3 Å². The van der Waals surface area contributed by atoms with Crippen molar-refractivity contribution >= 4 is 27.3 Å². The summed E-state index contributed by atoms with van der Waals surface area (Å²) in [5.74, 6) is -0.0297. The molecule has 20 heavy (non-hydrogen) atoms. The van der Waals surface area contributed by atoms with E-state index in [1.54, 1.807) is 11.3 Å². The first-order chi connectivity index (χ1) is 9.74. The van der Waals surface area contributed by atoms with E-state index in [2.05, 4.69) is 27.8 Å². The Morgan fingerprint density at radius 2 is 2.10 bits per heavy atom. The molecule has 0 spiro atoms. The monoisotopic (exact) mass is 282 g/mol. The van der Waals surface area contributed by atoms with Crippen LogP contribution in [-0.4, -0.2) is 10.9 Å². The van der Waals surface area contributed by atoms with Gasteiger partial charge in [-0.1, -0.05) is 24.3 Å². The maximum Gasteiger partial charge on any atom is 0.217 e. The van der Waals surface area contributed by atoms with Crippen LogP contribution in [0.3, 0.4) is 0 Å². The highest BCUT2D eigenvalue weighted by Crippen LogP contribution is 2.32. The Morgan fingerprint density at radius 1 is 1.25 bits per heavy atom. The molecule has 3 rings (SSSR count). The van der Waals surface area contributed by atoms with Crippen LogP contribution >= 0.6 is 11.3 Å². The van der Waals surface area contributed by atoms with Gasteiger partial charge in [-0.3, -0.25) is 9.78 Å². The SMILES string of the molecule is CC(=O)NCc1ccc(-c2csc3ccccc23)nc1. The third kappa shape index (κ3) is 2.56. The molecule has 0 unspecified atom stereocenters. The number of benzene rings is 1. The second-order valence-corrected chi connectivity index (χ2v) is 5.52. The van der Waals surface area contributed by atoms with Gasteiger partial charge in [0.25, 0.3) is 0 Å². The number of carbonyl (C=O) groups is 1. The van der Waals surface area contributed by atoms with Crippen LogP contribution < -0.4 is 5.32 Å². The largest absolute Gasteiger partial charge is 0.352 e. The number of hydrogen-bond acceptors (Lipinski definition) is 3. The van der Waals surface area contributed by atoms with Crippen LogP contribution in [0.15, 0.2) is 48.0 Å². The van der Waals surface area contributed by atoms with E-state index in [4.69, 9.17) is 0 Å². The fourth-order valence-electron chi connectivity index (χ4n) is 2.09. The lowest BCUT2D eigenvalue weighted by atomic mass is 10.1. The van der Waals surface area contributed by atoms with Crippen molar-refractivity contribution < 1.29 is 4.79 Å². The van der Waals surface area contributed by atoms with E-state index in [1.165, 1.54) is 17.0 Å². The van der Waals surface area contributed by atoms with Gasteiger partial charge in [0.15, 0.2) is 0 Å². The van der Waals surface area contributed by atoms with Gasteiger partial charge >= 0.3 is 0 Å². The minimum absolute atomic E-state index is 0.0297. The normalized spacial score (nSPS) is 10.7. The van der Waals surface area contributed by atoms with Crippen molar-refractivity contribution in [3.8, 4) is 11.3 Å². The molecular weight excluding hydrogens is 268 g/mol. The first kappa shape index (κ1) is 12.8. The summed E-state index contributed by atoms with van der Waals surface area (Å²) in [5.41, 5.74) is 3.13. The van der Waals surface area contributed by atoms with Gasteiger partial charge in [0.05, 0.1) is 5.69 Å².